The van der Waals surface area contributed by atoms with E-state index in [9.17, 15) is 4.79 Å². The topological polar surface area (TPSA) is 35.5 Å². The molecule has 0 aromatic heterocycles. The van der Waals surface area contributed by atoms with Gasteiger partial charge in [0.15, 0.2) is 5.44 Å². The molecule has 0 aromatic rings. The Hall–Kier alpha value is -0.220. The van der Waals surface area contributed by atoms with Gasteiger partial charge in [0.1, 0.15) is 0 Å². The van der Waals surface area contributed by atoms with Gasteiger partial charge in [-0.2, -0.15) is 0 Å². The molecule has 1 saturated heterocycles. The summed E-state index contributed by atoms with van der Waals surface area (Å²) in [5.41, 5.74) is -0.0671. The molecule has 0 aliphatic carbocycles. The molecule has 0 spiro atoms. The lowest BCUT2D eigenvalue weighted by Crippen LogP contribution is -2.12. The van der Waals surface area contributed by atoms with Gasteiger partial charge in [0.2, 0.25) is 0 Å². The number of thioether (sulfide) groups is 1. The van der Waals surface area contributed by atoms with Crippen LogP contribution in [0.1, 0.15) is 6.92 Å². The molecular formula is C5H8O3S. The average molecular weight is 148 g/mol. The molecule has 3 nitrogen and oxygen atoms in total. The van der Waals surface area contributed by atoms with Crippen molar-refractivity contribution in [3.8, 4) is 0 Å². The Kier molecular flexibility index (Phi) is 2.36. The van der Waals surface area contributed by atoms with E-state index < -0.39 is 0 Å². The Morgan fingerprint density at radius 1 is 1.89 bits per heavy atom. The molecule has 0 aromatic carbocycles. The number of carbonyl (C=O) groups excluding carboxylic acids is 1. The third-order valence-electron chi connectivity index (χ3n) is 0.889. The van der Waals surface area contributed by atoms with Crippen molar-refractivity contribution < 1.29 is 14.3 Å². The van der Waals surface area contributed by atoms with Crippen molar-refractivity contribution in [2.75, 3.05) is 12.5 Å². The summed E-state index contributed by atoms with van der Waals surface area (Å²) >= 11 is 1.51. The lowest BCUT2D eigenvalue weighted by atomic mass is 10.7. The van der Waals surface area contributed by atoms with Gasteiger partial charge >= 0.3 is 5.97 Å². The molecule has 1 atom stereocenters. The number of hydrogen-bond acceptors (Lipinski definition) is 4. The lowest BCUT2D eigenvalue weighted by Gasteiger charge is -2.04. The van der Waals surface area contributed by atoms with Crippen molar-refractivity contribution in [1.29, 1.82) is 0 Å². The van der Waals surface area contributed by atoms with Crippen LogP contribution in [0.15, 0.2) is 0 Å². The molecule has 1 aliphatic heterocycles. The van der Waals surface area contributed by atoms with E-state index in [1.54, 1.807) is 0 Å². The fraction of sp³-hybridized carbons (Fsp3) is 0.800. The highest BCUT2D eigenvalue weighted by Crippen LogP contribution is 2.19. The lowest BCUT2D eigenvalue weighted by molar-refractivity contribution is -0.143. The highest BCUT2D eigenvalue weighted by Gasteiger charge is 2.18. The van der Waals surface area contributed by atoms with Crippen LogP contribution in [0.4, 0.5) is 0 Å². The van der Waals surface area contributed by atoms with Crippen molar-refractivity contribution in [3.05, 3.63) is 0 Å². The van der Waals surface area contributed by atoms with E-state index in [0.29, 0.717) is 12.5 Å². The average Bonchev–Trinajstić information content (AvgIpc) is 2.15. The maximum atomic E-state index is 10.3. The summed E-state index contributed by atoms with van der Waals surface area (Å²) in [7, 11) is 0. The van der Waals surface area contributed by atoms with Crippen molar-refractivity contribution in [2.45, 2.75) is 12.4 Å². The van der Waals surface area contributed by atoms with Crippen molar-refractivity contribution in [1.82, 2.24) is 0 Å². The van der Waals surface area contributed by atoms with Gasteiger partial charge in [0.05, 0.1) is 12.5 Å². The van der Waals surface area contributed by atoms with Crippen LogP contribution in [0.25, 0.3) is 0 Å². The molecule has 9 heavy (non-hydrogen) atoms. The first kappa shape index (κ1) is 6.89. The van der Waals surface area contributed by atoms with Crippen LogP contribution < -0.4 is 0 Å². The number of rotatable bonds is 1. The van der Waals surface area contributed by atoms with Gasteiger partial charge in [-0.25, -0.2) is 0 Å². The monoisotopic (exact) mass is 148 g/mol. The third-order valence-corrected chi connectivity index (χ3v) is 1.80. The quantitative estimate of drug-likeness (QED) is 0.510. The van der Waals surface area contributed by atoms with Gasteiger partial charge in [0.25, 0.3) is 0 Å². The summed E-state index contributed by atoms with van der Waals surface area (Å²) in [6, 6.07) is 0. The standard InChI is InChI=1S/C5H8O3S/c1-4(6)8-5-2-7-3-9-5/h5H,2-3H2,1H3/t5-/m0/s1. The number of ether oxygens (including phenoxy) is 2. The summed E-state index contributed by atoms with van der Waals surface area (Å²) in [5, 5.41) is 0. The molecule has 0 amide bonds. The molecule has 4 heteroatoms. The van der Waals surface area contributed by atoms with E-state index >= 15 is 0 Å². The number of hydrogen-bond donors (Lipinski definition) is 0. The van der Waals surface area contributed by atoms with Crippen LogP contribution in [0.3, 0.4) is 0 Å². The van der Waals surface area contributed by atoms with E-state index in [0.717, 1.165) is 0 Å². The fourth-order valence-corrected chi connectivity index (χ4v) is 1.31. The molecule has 1 aliphatic rings. The summed E-state index contributed by atoms with van der Waals surface area (Å²) in [4.78, 5) is 10.3. The van der Waals surface area contributed by atoms with E-state index in [4.69, 9.17) is 9.47 Å². The summed E-state index contributed by atoms with van der Waals surface area (Å²) in [6.07, 6.45) is 0. The smallest absolute Gasteiger partial charge is 0.303 e. The first-order valence-electron chi connectivity index (χ1n) is 2.65. The molecule has 0 saturated carbocycles. The van der Waals surface area contributed by atoms with Crippen molar-refractivity contribution >= 4 is 17.7 Å². The Balaban J connectivity index is 2.19. The van der Waals surface area contributed by atoms with Crippen LogP contribution in [-0.4, -0.2) is 24.0 Å². The molecule has 52 valence electrons. The minimum absolute atomic E-state index is 0.0671. The SMILES string of the molecule is CC(=O)O[C@@H]1COCS1. The highest BCUT2D eigenvalue weighted by atomic mass is 32.2. The summed E-state index contributed by atoms with van der Waals surface area (Å²) in [5.74, 6) is 0.399. The van der Waals surface area contributed by atoms with E-state index in [1.807, 2.05) is 0 Å². The zero-order chi connectivity index (χ0) is 6.69. The van der Waals surface area contributed by atoms with Gasteiger partial charge < -0.3 is 9.47 Å². The molecule has 1 fully saturated rings. The van der Waals surface area contributed by atoms with Crippen LogP contribution >= 0.6 is 11.8 Å². The number of esters is 1. The largest absolute Gasteiger partial charge is 0.449 e. The van der Waals surface area contributed by atoms with Crippen LogP contribution in [0, 0.1) is 0 Å². The molecule has 0 radical (unpaired) electrons. The summed E-state index contributed by atoms with van der Waals surface area (Å²) < 4.78 is 9.75. The summed E-state index contributed by atoms with van der Waals surface area (Å²) in [6.45, 7) is 1.93. The molecular weight excluding hydrogens is 140 g/mol. The molecule has 1 rings (SSSR count). The van der Waals surface area contributed by atoms with Crippen LogP contribution in [0.2, 0.25) is 0 Å². The zero-order valence-corrected chi connectivity index (χ0v) is 5.94. The second kappa shape index (κ2) is 3.08. The minimum Gasteiger partial charge on any atom is -0.449 e. The maximum Gasteiger partial charge on any atom is 0.303 e. The van der Waals surface area contributed by atoms with Gasteiger partial charge in [-0.05, 0) is 0 Å². The van der Waals surface area contributed by atoms with Crippen LogP contribution in [-0.2, 0) is 14.3 Å². The van der Waals surface area contributed by atoms with Gasteiger partial charge in [-0.15, -0.1) is 0 Å². The third kappa shape index (κ3) is 2.24. The second-order valence-corrected chi connectivity index (χ2v) is 2.79. The Labute approximate surface area is 57.7 Å². The van der Waals surface area contributed by atoms with Crippen molar-refractivity contribution in [2.24, 2.45) is 0 Å². The minimum atomic E-state index is -0.238. The van der Waals surface area contributed by atoms with Crippen LogP contribution in [0.5, 0.6) is 0 Å². The maximum absolute atomic E-state index is 10.3. The fourth-order valence-electron chi connectivity index (χ4n) is 0.570. The predicted octanol–water partition coefficient (Wildman–Crippen LogP) is 0.596. The van der Waals surface area contributed by atoms with E-state index in [1.165, 1.54) is 18.7 Å². The normalized spacial score (nSPS) is 26.1. The first-order valence-corrected chi connectivity index (χ1v) is 3.70. The number of carbonyl (C=O) groups is 1. The Bertz CT molecular complexity index is 109. The predicted molar refractivity (Wildman–Crippen MR) is 34.0 cm³/mol. The first-order chi connectivity index (χ1) is 4.29. The van der Waals surface area contributed by atoms with E-state index in [2.05, 4.69) is 0 Å². The Morgan fingerprint density at radius 3 is 3.11 bits per heavy atom. The molecule has 1 heterocycles. The second-order valence-electron chi connectivity index (χ2n) is 1.69. The Morgan fingerprint density at radius 2 is 2.67 bits per heavy atom. The molecule has 0 bridgehead atoms. The van der Waals surface area contributed by atoms with Gasteiger partial charge in [0, 0.05) is 6.92 Å². The van der Waals surface area contributed by atoms with E-state index in [-0.39, 0.29) is 11.4 Å². The highest BCUT2D eigenvalue weighted by molar-refractivity contribution is 7.99. The molecule has 0 unspecified atom stereocenters. The van der Waals surface area contributed by atoms with Crippen molar-refractivity contribution in [3.63, 3.8) is 0 Å². The van der Waals surface area contributed by atoms with Gasteiger partial charge in [-0.1, -0.05) is 11.8 Å². The molecule has 0 N–H and O–H groups in total. The van der Waals surface area contributed by atoms with Gasteiger partial charge in [-0.3, -0.25) is 4.79 Å². The zero-order valence-electron chi connectivity index (χ0n) is 5.12.